The van der Waals surface area contributed by atoms with Crippen LogP contribution in [0.1, 0.15) is 54.3 Å². The number of halogens is 1. The Morgan fingerprint density at radius 1 is 1.08 bits per heavy atom. The average Bonchev–Trinajstić information content (AvgIpc) is 3.58. The number of carbonyl (C=O) groups is 4. The topological polar surface area (TPSA) is 209 Å². The van der Waals surface area contributed by atoms with E-state index < -0.39 is 45.8 Å². The Morgan fingerprint density at radius 2 is 1.83 bits per heavy atom. The van der Waals surface area contributed by atoms with Gasteiger partial charge in [-0.1, -0.05) is 24.3 Å². The van der Waals surface area contributed by atoms with Crippen LogP contribution in [0.3, 0.4) is 0 Å². The first-order valence-corrected chi connectivity index (χ1v) is 18.1. The summed E-state index contributed by atoms with van der Waals surface area (Å²) in [6, 6.07) is 11.8. The van der Waals surface area contributed by atoms with E-state index in [9.17, 15) is 32.7 Å². The number of piperidine rings is 2. The fourth-order valence-electron chi connectivity index (χ4n) is 7.17. The lowest BCUT2D eigenvalue weighted by Crippen LogP contribution is -2.39. The molecule has 5 N–H and O–H groups in total. The Hall–Kier alpha value is -5.84. The van der Waals surface area contributed by atoms with Crippen LogP contribution in [0.15, 0.2) is 53.7 Å². The summed E-state index contributed by atoms with van der Waals surface area (Å²) in [5.41, 5.74) is 8.87. The molecule has 1 aromatic heterocycles. The van der Waals surface area contributed by atoms with Crippen molar-refractivity contribution in [3.05, 3.63) is 71.3 Å². The van der Waals surface area contributed by atoms with E-state index >= 15 is 4.39 Å². The molecule has 3 aromatic carbocycles. The van der Waals surface area contributed by atoms with Crippen molar-refractivity contribution >= 4 is 73.0 Å². The van der Waals surface area contributed by atoms with Crippen molar-refractivity contribution in [2.24, 2.45) is 17.8 Å². The summed E-state index contributed by atoms with van der Waals surface area (Å²) in [4.78, 5) is 54.9. The Bertz CT molecular complexity index is 2350. The van der Waals surface area contributed by atoms with E-state index in [1.165, 1.54) is 24.5 Å². The number of nitrogens with one attached hydrogen (secondary N) is 2. The Balaban J connectivity index is 0.980. The first kappa shape index (κ1) is 34.6. The number of benzene rings is 3. The van der Waals surface area contributed by atoms with Gasteiger partial charge in [0.25, 0.3) is 5.91 Å². The van der Waals surface area contributed by atoms with Gasteiger partial charge >= 0.3 is 10.2 Å². The second-order valence-corrected chi connectivity index (χ2v) is 14.7. The number of aryl methyl sites for hydroxylation is 1. The number of nitrogens with two attached hydrogens (primary N) is 1. The van der Waals surface area contributed by atoms with Crippen LogP contribution in [0.4, 0.5) is 10.1 Å². The number of amides is 4. The number of phenolic OH excluding ortho intramolecular Hbond substituents is 1. The molecule has 52 heavy (non-hydrogen) atoms. The lowest BCUT2D eigenvalue weighted by molar-refractivity contribution is -0.134. The summed E-state index contributed by atoms with van der Waals surface area (Å²) in [7, 11) is -2.51. The van der Waals surface area contributed by atoms with Crippen LogP contribution in [0.25, 0.3) is 27.2 Å². The quantitative estimate of drug-likeness (QED) is 0.162. The summed E-state index contributed by atoms with van der Waals surface area (Å²) in [6.07, 6.45) is 4.94. The highest BCUT2D eigenvalue weighted by molar-refractivity contribution is 7.92. The molecule has 4 amide bonds. The lowest BCUT2D eigenvalue weighted by Gasteiger charge is -2.32. The first-order valence-electron chi connectivity index (χ1n) is 16.6. The normalized spacial score (nSPS) is 19.9. The fraction of sp³-hybridized carbons (Fsp3) is 0.314. The van der Waals surface area contributed by atoms with E-state index in [4.69, 9.17) is 5.73 Å². The highest BCUT2D eigenvalue weighted by Crippen LogP contribution is 2.39. The van der Waals surface area contributed by atoms with Crippen molar-refractivity contribution in [2.75, 3.05) is 30.5 Å². The van der Waals surface area contributed by atoms with Gasteiger partial charge < -0.3 is 15.7 Å². The van der Waals surface area contributed by atoms with Crippen LogP contribution >= 0.6 is 0 Å². The van der Waals surface area contributed by atoms with Crippen molar-refractivity contribution in [3.8, 4) is 5.75 Å². The van der Waals surface area contributed by atoms with Crippen LogP contribution in [0.5, 0.6) is 5.75 Å². The zero-order valence-corrected chi connectivity index (χ0v) is 28.8. The van der Waals surface area contributed by atoms with Crippen molar-refractivity contribution in [3.63, 3.8) is 0 Å². The van der Waals surface area contributed by atoms with E-state index in [1.807, 2.05) is 19.2 Å². The molecule has 4 aromatic rings. The summed E-state index contributed by atoms with van der Waals surface area (Å²) < 4.78 is 44.0. The van der Waals surface area contributed by atoms with Crippen LogP contribution < -0.4 is 20.1 Å². The molecule has 0 aliphatic carbocycles. The molecule has 0 spiro atoms. The molecule has 3 aliphatic rings. The monoisotopic (exact) mass is 730 g/mol. The molecule has 3 fully saturated rings. The largest absolute Gasteiger partial charge is 0.506 e. The van der Waals surface area contributed by atoms with Gasteiger partial charge in [-0.25, -0.2) is 13.4 Å². The number of fused-ring (bicyclic) bond motifs is 2. The Kier molecular flexibility index (Phi) is 8.90. The molecular weight excluding hydrogens is 695 g/mol. The number of phenols is 1. The summed E-state index contributed by atoms with van der Waals surface area (Å²) in [6.45, 7) is 0.320. The number of anilines is 1. The maximum atomic E-state index is 15.5. The van der Waals surface area contributed by atoms with Crippen molar-refractivity contribution in [2.45, 2.75) is 37.5 Å². The van der Waals surface area contributed by atoms with Gasteiger partial charge in [-0.05, 0) is 59.9 Å². The molecule has 0 radical (unpaired) electrons. The standard InChI is InChI=1S/C35H35FN8O7S/c1-42-27-13-21(3-5-25(27)33(40-42)26-6-7-29(46)39-35(26)49)19-8-10-43(11-9-19)31(48)17-38-16-23(15-37)20-2-4-24-22(12-20)14-28(45)34(32(24)36)44-18-30(47)41-52(44,50)51/h2-5,12-16,19,26,45H,6-11,17-18,37H2,1H3,(H,41,47)(H,39,46,49). The summed E-state index contributed by atoms with van der Waals surface area (Å²) in [5.74, 6) is -3.51. The fourth-order valence-corrected chi connectivity index (χ4v) is 8.33. The van der Waals surface area contributed by atoms with Crippen molar-refractivity contribution in [1.29, 1.82) is 0 Å². The molecular formula is C35H35FN8O7S. The number of rotatable bonds is 7. The highest BCUT2D eigenvalue weighted by atomic mass is 32.2. The van der Waals surface area contributed by atoms with E-state index in [1.54, 1.807) is 26.4 Å². The van der Waals surface area contributed by atoms with E-state index in [2.05, 4.69) is 21.5 Å². The van der Waals surface area contributed by atoms with Crippen LogP contribution in [0, 0.1) is 5.82 Å². The van der Waals surface area contributed by atoms with Crippen LogP contribution in [0.2, 0.25) is 0 Å². The summed E-state index contributed by atoms with van der Waals surface area (Å²) >= 11 is 0. The maximum Gasteiger partial charge on any atom is 0.326 e. The van der Waals surface area contributed by atoms with E-state index in [0.29, 0.717) is 40.6 Å². The van der Waals surface area contributed by atoms with Crippen LogP contribution in [-0.4, -0.2) is 84.2 Å². The molecule has 1 unspecified atom stereocenters. The number of carbonyl (C=O) groups excluding carboxylic acids is 4. The van der Waals surface area contributed by atoms with E-state index in [-0.39, 0.29) is 47.4 Å². The van der Waals surface area contributed by atoms with Gasteiger partial charge in [-0.15, -0.1) is 0 Å². The summed E-state index contributed by atoms with van der Waals surface area (Å²) in [5, 5.41) is 18.7. The number of allylic oxidation sites excluding steroid dienone is 1. The predicted octanol–water partition coefficient (Wildman–Crippen LogP) is 2.05. The lowest BCUT2D eigenvalue weighted by atomic mass is 9.88. The third-order valence-corrected chi connectivity index (χ3v) is 11.2. The second kappa shape index (κ2) is 13.4. The second-order valence-electron chi connectivity index (χ2n) is 13.1. The molecule has 3 aliphatic heterocycles. The number of aliphatic imine (C=N–C) groups is 1. The van der Waals surface area contributed by atoms with Crippen LogP contribution in [-0.2, 0) is 36.4 Å². The molecule has 0 bridgehead atoms. The van der Waals surface area contributed by atoms with Gasteiger partial charge in [-0.2, -0.15) is 13.5 Å². The van der Waals surface area contributed by atoms with Crippen molar-refractivity contribution < 1.29 is 37.1 Å². The first-order chi connectivity index (χ1) is 24.8. The molecule has 17 heteroatoms. The number of hydrogen-bond acceptors (Lipinski definition) is 10. The van der Waals surface area contributed by atoms with Gasteiger partial charge in [-0.3, -0.25) is 34.2 Å². The highest BCUT2D eigenvalue weighted by Gasteiger charge is 2.38. The third kappa shape index (κ3) is 6.31. The zero-order valence-electron chi connectivity index (χ0n) is 28.0. The van der Waals surface area contributed by atoms with Crippen molar-refractivity contribution in [1.82, 2.24) is 24.7 Å². The minimum Gasteiger partial charge on any atom is -0.506 e. The SMILES string of the molecule is Cn1nc(C2CCC(=O)NC2=O)c2ccc(C3CCN(C(=O)CN=CC(=CN)c4ccc5c(F)c(N6CC(=O)NS6(=O)=O)c(O)cc5c4)CC3)cc21. The van der Waals surface area contributed by atoms with Gasteiger partial charge in [0.05, 0.1) is 17.1 Å². The molecule has 7 rings (SSSR count). The molecule has 3 saturated heterocycles. The third-order valence-electron chi connectivity index (χ3n) is 9.86. The van der Waals surface area contributed by atoms with E-state index in [0.717, 1.165) is 29.3 Å². The molecule has 0 saturated carbocycles. The number of imide groups is 1. The molecule has 270 valence electrons. The molecule has 4 heterocycles. The molecule has 1 atom stereocenters. The predicted molar refractivity (Wildman–Crippen MR) is 190 cm³/mol. The number of hydrogen-bond donors (Lipinski definition) is 4. The van der Waals surface area contributed by atoms with Gasteiger partial charge in [0.2, 0.25) is 17.7 Å². The Morgan fingerprint density at radius 3 is 2.52 bits per heavy atom. The smallest absolute Gasteiger partial charge is 0.326 e. The minimum absolute atomic E-state index is 0.00945. The Labute approximate surface area is 297 Å². The average molecular weight is 731 g/mol. The number of aromatic nitrogens is 2. The number of likely N-dealkylation sites (tertiary alicyclic amines) is 1. The zero-order chi connectivity index (χ0) is 36.9. The van der Waals surface area contributed by atoms with Gasteiger partial charge in [0.1, 0.15) is 24.5 Å². The number of aromatic hydroxyl groups is 1. The van der Waals surface area contributed by atoms with Gasteiger partial charge in [0, 0.05) is 55.3 Å². The number of nitrogens with zero attached hydrogens (tertiary/aromatic N) is 5. The van der Waals surface area contributed by atoms with Gasteiger partial charge in [0.15, 0.2) is 5.82 Å². The molecule has 15 nitrogen and oxygen atoms in total. The minimum atomic E-state index is -4.34. The maximum absolute atomic E-state index is 15.5.